The summed E-state index contributed by atoms with van der Waals surface area (Å²) < 4.78 is 2.59. The molecule has 0 saturated heterocycles. The van der Waals surface area contributed by atoms with Crippen LogP contribution < -0.4 is 5.56 Å². The largest absolute Gasteiger partial charge is 0.299 e. The lowest BCUT2D eigenvalue weighted by molar-refractivity contribution is 0.590. The fraction of sp³-hybridized carbons (Fsp3) is 0.385. The number of rotatable bonds is 2. The summed E-state index contributed by atoms with van der Waals surface area (Å²) in [5.41, 5.74) is 0.788. The topological polar surface area (TPSA) is 34.9 Å². The molecule has 0 radical (unpaired) electrons. The SMILES string of the molecule is CC(C)Cc1nc2cc(Br)ccc2c(=O)n1C. The molecule has 0 amide bonds. The molecule has 0 atom stereocenters. The van der Waals surface area contributed by atoms with Gasteiger partial charge in [0.05, 0.1) is 10.9 Å². The van der Waals surface area contributed by atoms with Crippen LogP contribution in [0.1, 0.15) is 19.7 Å². The van der Waals surface area contributed by atoms with Crippen LogP contribution in [-0.2, 0) is 13.5 Å². The second-order valence-corrected chi connectivity index (χ2v) is 5.57. The van der Waals surface area contributed by atoms with Gasteiger partial charge < -0.3 is 0 Å². The molecular formula is C13H15BrN2O. The van der Waals surface area contributed by atoms with Crippen molar-refractivity contribution in [3.05, 3.63) is 38.9 Å². The summed E-state index contributed by atoms with van der Waals surface area (Å²) in [6.45, 7) is 4.24. The van der Waals surface area contributed by atoms with E-state index in [1.54, 1.807) is 11.6 Å². The lowest BCUT2D eigenvalue weighted by atomic mass is 10.1. The molecular weight excluding hydrogens is 280 g/mol. The first-order chi connectivity index (χ1) is 7.99. The number of hydrogen-bond donors (Lipinski definition) is 0. The van der Waals surface area contributed by atoms with Gasteiger partial charge in [-0.25, -0.2) is 4.98 Å². The smallest absolute Gasteiger partial charge is 0.261 e. The van der Waals surface area contributed by atoms with Crippen LogP contribution in [0.2, 0.25) is 0 Å². The normalized spacial score (nSPS) is 11.4. The zero-order valence-electron chi connectivity index (χ0n) is 10.2. The van der Waals surface area contributed by atoms with Gasteiger partial charge in [0.1, 0.15) is 5.82 Å². The number of fused-ring (bicyclic) bond motifs is 1. The molecule has 3 nitrogen and oxygen atoms in total. The van der Waals surface area contributed by atoms with E-state index in [2.05, 4.69) is 34.8 Å². The molecule has 0 aliphatic rings. The van der Waals surface area contributed by atoms with Crippen LogP contribution in [0.15, 0.2) is 27.5 Å². The van der Waals surface area contributed by atoms with Crippen LogP contribution in [-0.4, -0.2) is 9.55 Å². The Bertz CT molecular complexity index is 617. The molecule has 2 aromatic rings. The van der Waals surface area contributed by atoms with E-state index >= 15 is 0 Å². The number of nitrogens with zero attached hydrogens (tertiary/aromatic N) is 2. The van der Waals surface area contributed by atoms with E-state index in [9.17, 15) is 4.79 Å². The Labute approximate surface area is 109 Å². The Balaban J connectivity index is 2.71. The molecule has 17 heavy (non-hydrogen) atoms. The third-order valence-corrected chi connectivity index (χ3v) is 3.22. The molecule has 0 unspecified atom stereocenters. The molecule has 4 heteroatoms. The Morgan fingerprint density at radius 1 is 1.41 bits per heavy atom. The molecule has 1 aromatic heterocycles. The van der Waals surface area contributed by atoms with E-state index < -0.39 is 0 Å². The van der Waals surface area contributed by atoms with Crippen molar-refractivity contribution in [3.8, 4) is 0 Å². The number of aromatic nitrogens is 2. The Hall–Kier alpha value is -1.16. The van der Waals surface area contributed by atoms with Crippen molar-refractivity contribution in [2.24, 2.45) is 13.0 Å². The van der Waals surface area contributed by atoms with Gasteiger partial charge >= 0.3 is 0 Å². The van der Waals surface area contributed by atoms with Crippen LogP contribution in [0.5, 0.6) is 0 Å². The Kier molecular flexibility index (Phi) is 3.33. The summed E-state index contributed by atoms with van der Waals surface area (Å²) in [5.74, 6) is 1.33. The zero-order valence-corrected chi connectivity index (χ0v) is 11.8. The number of hydrogen-bond acceptors (Lipinski definition) is 2. The monoisotopic (exact) mass is 294 g/mol. The van der Waals surface area contributed by atoms with Gasteiger partial charge in [0.25, 0.3) is 5.56 Å². The van der Waals surface area contributed by atoms with E-state index in [1.807, 2.05) is 18.2 Å². The standard InChI is InChI=1S/C13H15BrN2O/c1-8(2)6-12-15-11-7-9(14)4-5-10(11)13(17)16(12)3/h4-5,7-8H,6H2,1-3H3. The van der Waals surface area contributed by atoms with Gasteiger partial charge in [-0.05, 0) is 24.1 Å². The van der Waals surface area contributed by atoms with Crippen molar-refractivity contribution in [3.63, 3.8) is 0 Å². The molecule has 0 saturated carbocycles. The Morgan fingerprint density at radius 3 is 2.76 bits per heavy atom. The van der Waals surface area contributed by atoms with Gasteiger partial charge in [-0.15, -0.1) is 0 Å². The highest BCUT2D eigenvalue weighted by Crippen LogP contribution is 2.16. The molecule has 0 aliphatic carbocycles. The molecule has 1 heterocycles. The summed E-state index contributed by atoms with van der Waals surface area (Å²) in [4.78, 5) is 16.7. The highest BCUT2D eigenvalue weighted by molar-refractivity contribution is 9.10. The van der Waals surface area contributed by atoms with Crippen LogP contribution in [0, 0.1) is 5.92 Å². The van der Waals surface area contributed by atoms with Gasteiger partial charge in [-0.2, -0.15) is 0 Å². The van der Waals surface area contributed by atoms with Crippen molar-refractivity contribution in [1.82, 2.24) is 9.55 Å². The third-order valence-electron chi connectivity index (χ3n) is 2.72. The van der Waals surface area contributed by atoms with Gasteiger partial charge in [-0.1, -0.05) is 29.8 Å². The average molecular weight is 295 g/mol. The summed E-state index contributed by atoms with van der Waals surface area (Å²) >= 11 is 3.40. The number of benzene rings is 1. The van der Waals surface area contributed by atoms with E-state index in [-0.39, 0.29) is 5.56 Å². The maximum atomic E-state index is 12.1. The number of halogens is 1. The van der Waals surface area contributed by atoms with Gasteiger partial charge in [0.2, 0.25) is 0 Å². The average Bonchev–Trinajstić information content (AvgIpc) is 2.24. The molecule has 90 valence electrons. The quantitative estimate of drug-likeness (QED) is 0.854. The summed E-state index contributed by atoms with van der Waals surface area (Å²) in [5, 5.41) is 0.670. The first kappa shape index (κ1) is 12.3. The van der Waals surface area contributed by atoms with Gasteiger partial charge in [0, 0.05) is 17.9 Å². The van der Waals surface area contributed by atoms with Crippen molar-refractivity contribution in [1.29, 1.82) is 0 Å². The highest BCUT2D eigenvalue weighted by atomic mass is 79.9. The molecule has 0 spiro atoms. The summed E-state index contributed by atoms with van der Waals surface area (Å²) in [6.07, 6.45) is 0.814. The minimum atomic E-state index is 0.0261. The second-order valence-electron chi connectivity index (χ2n) is 4.65. The fourth-order valence-corrected chi connectivity index (χ4v) is 2.19. The van der Waals surface area contributed by atoms with Crippen LogP contribution in [0.4, 0.5) is 0 Å². The maximum Gasteiger partial charge on any atom is 0.261 e. The minimum Gasteiger partial charge on any atom is -0.299 e. The van der Waals surface area contributed by atoms with Gasteiger partial charge in [-0.3, -0.25) is 9.36 Å². The first-order valence-electron chi connectivity index (χ1n) is 5.64. The zero-order chi connectivity index (χ0) is 12.6. The molecule has 1 aromatic carbocycles. The van der Waals surface area contributed by atoms with Gasteiger partial charge in [0.15, 0.2) is 0 Å². The first-order valence-corrected chi connectivity index (χ1v) is 6.43. The van der Waals surface area contributed by atoms with Crippen LogP contribution in [0.3, 0.4) is 0 Å². The summed E-state index contributed by atoms with van der Waals surface area (Å²) in [7, 11) is 1.79. The predicted octanol–water partition coefficient (Wildman–Crippen LogP) is 2.89. The van der Waals surface area contributed by atoms with Crippen LogP contribution in [0.25, 0.3) is 10.9 Å². The van der Waals surface area contributed by atoms with E-state index in [0.717, 1.165) is 22.2 Å². The molecule has 0 aliphatic heterocycles. The third kappa shape index (κ3) is 2.41. The lowest BCUT2D eigenvalue weighted by Crippen LogP contribution is -2.23. The Morgan fingerprint density at radius 2 is 2.12 bits per heavy atom. The highest BCUT2D eigenvalue weighted by Gasteiger charge is 2.09. The van der Waals surface area contributed by atoms with Crippen molar-refractivity contribution < 1.29 is 0 Å². The molecule has 0 fully saturated rings. The lowest BCUT2D eigenvalue weighted by Gasteiger charge is -2.11. The summed E-state index contributed by atoms with van der Waals surface area (Å²) in [6, 6.07) is 5.57. The fourth-order valence-electron chi connectivity index (χ4n) is 1.84. The van der Waals surface area contributed by atoms with Crippen molar-refractivity contribution in [2.75, 3.05) is 0 Å². The minimum absolute atomic E-state index is 0.0261. The second kappa shape index (κ2) is 4.61. The van der Waals surface area contributed by atoms with E-state index in [4.69, 9.17) is 0 Å². The molecule has 2 rings (SSSR count). The molecule has 0 bridgehead atoms. The van der Waals surface area contributed by atoms with Crippen LogP contribution >= 0.6 is 15.9 Å². The predicted molar refractivity (Wildman–Crippen MR) is 73.2 cm³/mol. The van der Waals surface area contributed by atoms with Crippen molar-refractivity contribution >= 4 is 26.8 Å². The molecule has 0 N–H and O–H groups in total. The van der Waals surface area contributed by atoms with E-state index in [1.165, 1.54) is 0 Å². The maximum absolute atomic E-state index is 12.1. The van der Waals surface area contributed by atoms with E-state index in [0.29, 0.717) is 11.3 Å². The van der Waals surface area contributed by atoms with Crippen molar-refractivity contribution in [2.45, 2.75) is 20.3 Å².